The highest BCUT2D eigenvalue weighted by Gasteiger charge is 2.12. The standard InChI is InChI=1S/C13H15ClFN3/c1-3-7-16-13-17-9(2)8-18(13)11-6-4-5-10(14)12(11)15/h4-6,8H,3,7H2,1-2H3,(H,16,17). The van der Waals surface area contributed by atoms with Crippen molar-refractivity contribution >= 4 is 17.5 Å². The van der Waals surface area contributed by atoms with E-state index in [1.54, 1.807) is 22.9 Å². The lowest BCUT2D eigenvalue weighted by Gasteiger charge is -2.10. The van der Waals surface area contributed by atoms with Crippen LogP contribution in [0.2, 0.25) is 5.02 Å². The molecule has 0 spiro atoms. The Morgan fingerprint density at radius 2 is 2.22 bits per heavy atom. The first-order chi connectivity index (χ1) is 8.63. The Morgan fingerprint density at radius 3 is 2.94 bits per heavy atom. The number of hydrogen-bond donors (Lipinski definition) is 1. The average Bonchev–Trinajstić information content (AvgIpc) is 2.71. The fraction of sp³-hybridized carbons (Fsp3) is 0.308. The summed E-state index contributed by atoms with van der Waals surface area (Å²) >= 11 is 5.80. The molecule has 0 fully saturated rings. The lowest BCUT2D eigenvalue weighted by atomic mass is 10.3. The van der Waals surface area contributed by atoms with Crippen LogP contribution in [-0.4, -0.2) is 16.1 Å². The van der Waals surface area contributed by atoms with E-state index in [4.69, 9.17) is 11.6 Å². The van der Waals surface area contributed by atoms with E-state index >= 15 is 0 Å². The molecule has 1 aromatic heterocycles. The van der Waals surface area contributed by atoms with Crippen LogP contribution >= 0.6 is 11.6 Å². The predicted octanol–water partition coefficient (Wildman–Crippen LogP) is 3.80. The summed E-state index contributed by atoms with van der Waals surface area (Å²) in [5.74, 6) is 0.201. The lowest BCUT2D eigenvalue weighted by molar-refractivity contribution is 0.619. The zero-order chi connectivity index (χ0) is 13.1. The molecule has 0 atom stereocenters. The van der Waals surface area contributed by atoms with E-state index in [9.17, 15) is 4.39 Å². The molecule has 3 nitrogen and oxygen atoms in total. The first-order valence-electron chi connectivity index (χ1n) is 5.87. The summed E-state index contributed by atoms with van der Waals surface area (Å²) in [5, 5.41) is 3.28. The molecule has 0 aliphatic heterocycles. The van der Waals surface area contributed by atoms with Gasteiger partial charge in [-0.25, -0.2) is 9.37 Å². The number of aromatic nitrogens is 2. The van der Waals surface area contributed by atoms with E-state index in [0.717, 1.165) is 18.7 Å². The third-order valence-corrected chi connectivity index (χ3v) is 2.84. The maximum atomic E-state index is 14.0. The van der Waals surface area contributed by atoms with Gasteiger partial charge in [0.25, 0.3) is 0 Å². The molecule has 0 saturated heterocycles. The predicted molar refractivity (Wildman–Crippen MR) is 72.0 cm³/mol. The maximum Gasteiger partial charge on any atom is 0.207 e. The zero-order valence-corrected chi connectivity index (χ0v) is 11.1. The van der Waals surface area contributed by atoms with Crippen LogP contribution in [0.4, 0.5) is 10.3 Å². The average molecular weight is 268 g/mol. The van der Waals surface area contributed by atoms with Gasteiger partial charge in [-0.1, -0.05) is 24.6 Å². The molecule has 1 aromatic carbocycles. The van der Waals surface area contributed by atoms with E-state index in [1.165, 1.54) is 6.07 Å². The normalized spacial score (nSPS) is 10.7. The van der Waals surface area contributed by atoms with Crippen molar-refractivity contribution < 1.29 is 4.39 Å². The summed E-state index contributed by atoms with van der Waals surface area (Å²) < 4.78 is 15.7. The number of nitrogens with one attached hydrogen (secondary N) is 1. The Bertz CT molecular complexity index is 551. The molecule has 96 valence electrons. The number of anilines is 1. The summed E-state index contributed by atoms with van der Waals surface area (Å²) in [7, 11) is 0. The maximum absolute atomic E-state index is 14.0. The molecule has 2 rings (SSSR count). The van der Waals surface area contributed by atoms with Gasteiger partial charge in [0, 0.05) is 12.7 Å². The molecule has 0 radical (unpaired) electrons. The molecule has 1 N–H and O–H groups in total. The Labute approximate surface area is 111 Å². The van der Waals surface area contributed by atoms with Crippen LogP contribution in [0.15, 0.2) is 24.4 Å². The van der Waals surface area contributed by atoms with Gasteiger partial charge in [-0.15, -0.1) is 0 Å². The van der Waals surface area contributed by atoms with Crippen molar-refractivity contribution in [1.82, 2.24) is 9.55 Å². The topological polar surface area (TPSA) is 29.9 Å². The fourth-order valence-corrected chi connectivity index (χ4v) is 1.89. The molecule has 0 bridgehead atoms. The third-order valence-electron chi connectivity index (χ3n) is 2.55. The highest BCUT2D eigenvalue weighted by molar-refractivity contribution is 6.30. The van der Waals surface area contributed by atoms with Crippen LogP contribution < -0.4 is 5.32 Å². The molecule has 0 aliphatic carbocycles. The summed E-state index contributed by atoms with van der Waals surface area (Å²) in [6.45, 7) is 4.72. The van der Waals surface area contributed by atoms with Gasteiger partial charge in [-0.05, 0) is 25.5 Å². The van der Waals surface area contributed by atoms with Crippen molar-refractivity contribution in [3.63, 3.8) is 0 Å². The number of aryl methyl sites for hydroxylation is 1. The summed E-state index contributed by atoms with van der Waals surface area (Å²) in [4.78, 5) is 4.34. The van der Waals surface area contributed by atoms with Crippen LogP contribution in [0.5, 0.6) is 0 Å². The molecular weight excluding hydrogens is 253 g/mol. The number of imidazole rings is 1. The second kappa shape index (κ2) is 5.40. The minimum atomic E-state index is -0.434. The van der Waals surface area contributed by atoms with Crippen molar-refractivity contribution in [3.8, 4) is 5.69 Å². The van der Waals surface area contributed by atoms with Crippen molar-refractivity contribution in [2.75, 3.05) is 11.9 Å². The molecule has 0 saturated carbocycles. The minimum Gasteiger partial charge on any atom is -0.355 e. The largest absolute Gasteiger partial charge is 0.355 e. The SMILES string of the molecule is CCCNc1nc(C)cn1-c1cccc(Cl)c1F. The van der Waals surface area contributed by atoms with E-state index < -0.39 is 5.82 Å². The number of halogens is 2. The molecule has 0 aliphatic rings. The van der Waals surface area contributed by atoms with E-state index in [-0.39, 0.29) is 5.02 Å². The summed E-state index contributed by atoms with van der Waals surface area (Å²) in [5.41, 5.74) is 1.23. The lowest BCUT2D eigenvalue weighted by Crippen LogP contribution is -2.07. The van der Waals surface area contributed by atoms with Crippen LogP contribution in [0, 0.1) is 12.7 Å². The minimum absolute atomic E-state index is 0.111. The summed E-state index contributed by atoms with van der Waals surface area (Å²) in [6, 6.07) is 4.93. The van der Waals surface area contributed by atoms with Crippen LogP contribution in [-0.2, 0) is 0 Å². The number of nitrogens with zero attached hydrogens (tertiary/aromatic N) is 2. The van der Waals surface area contributed by atoms with Gasteiger partial charge in [0.15, 0.2) is 5.82 Å². The number of rotatable bonds is 4. The van der Waals surface area contributed by atoms with Gasteiger partial charge in [-0.3, -0.25) is 4.57 Å². The van der Waals surface area contributed by atoms with E-state index in [1.807, 2.05) is 6.92 Å². The Morgan fingerprint density at radius 1 is 1.44 bits per heavy atom. The van der Waals surface area contributed by atoms with E-state index in [2.05, 4.69) is 17.2 Å². The van der Waals surface area contributed by atoms with Crippen molar-refractivity contribution in [2.45, 2.75) is 20.3 Å². The number of hydrogen-bond acceptors (Lipinski definition) is 2. The Hall–Kier alpha value is -1.55. The molecule has 18 heavy (non-hydrogen) atoms. The van der Waals surface area contributed by atoms with Gasteiger partial charge in [-0.2, -0.15) is 0 Å². The van der Waals surface area contributed by atoms with E-state index in [0.29, 0.717) is 11.6 Å². The third kappa shape index (κ3) is 2.48. The summed E-state index contributed by atoms with van der Waals surface area (Å²) in [6.07, 6.45) is 2.76. The van der Waals surface area contributed by atoms with Gasteiger partial charge in [0.05, 0.1) is 16.4 Å². The first-order valence-corrected chi connectivity index (χ1v) is 6.25. The molecular formula is C13H15ClFN3. The van der Waals surface area contributed by atoms with Crippen molar-refractivity contribution in [1.29, 1.82) is 0 Å². The van der Waals surface area contributed by atoms with Gasteiger partial charge in [0.1, 0.15) is 0 Å². The number of benzene rings is 1. The quantitative estimate of drug-likeness (QED) is 0.913. The van der Waals surface area contributed by atoms with Crippen LogP contribution in [0.1, 0.15) is 19.0 Å². The van der Waals surface area contributed by atoms with Crippen molar-refractivity contribution in [3.05, 3.63) is 40.9 Å². The Kier molecular flexibility index (Phi) is 3.87. The molecule has 2 aromatic rings. The van der Waals surface area contributed by atoms with Gasteiger partial charge >= 0.3 is 0 Å². The monoisotopic (exact) mass is 267 g/mol. The second-order valence-corrected chi connectivity index (χ2v) is 4.48. The highest BCUT2D eigenvalue weighted by Crippen LogP contribution is 2.24. The Balaban J connectivity index is 2.46. The first kappa shape index (κ1) is 12.9. The zero-order valence-electron chi connectivity index (χ0n) is 10.4. The van der Waals surface area contributed by atoms with Crippen LogP contribution in [0.25, 0.3) is 5.69 Å². The van der Waals surface area contributed by atoms with Gasteiger partial charge in [0.2, 0.25) is 5.95 Å². The van der Waals surface area contributed by atoms with Gasteiger partial charge < -0.3 is 5.32 Å². The smallest absolute Gasteiger partial charge is 0.207 e. The van der Waals surface area contributed by atoms with Crippen LogP contribution in [0.3, 0.4) is 0 Å². The molecule has 5 heteroatoms. The molecule has 1 heterocycles. The fourth-order valence-electron chi connectivity index (χ4n) is 1.72. The molecule has 0 unspecified atom stereocenters. The second-order valence-electron chi connectivity index (χ2n) is 4.08. The van der Waals surface area contributed by atoms with Crippen molar-refractivity contribution in [2.24, 2.45) is 0 Å². The highest BCUT2D eigenvalue weighted by atomic mass is 35.5. The molecule has 0 amide bonds.